The molecular weight excluding hydrogens is 391 g/mol. The third-order valence-corrected chi connectivity index (χ3v) is 7.53. The van der Waals surface area contributed by atoms with E-state index in [-0.39, 0.29) is 11.4 Å². The van der Waals surface area contributed by atoms with Crippen molar-refractivity contribution in [3.63, 3.8) is 0 Å². The maximum absolute atomic E-state index is 13.3. The van der Waals surface area contributed by atoms with Crippen LogP contribution in [0.2, 0.25) is 0 Å². The molecule has 0 fully saturated rings. The van der Waals surface area contributed by atoms with Gasteiger partial charge in [-0.3, -0.25) is 9.55 Å². The molecule has 0 saturated carbocycles. The molecule has 1 aromatic heterocycles. The highest BCUT2D eigenvalue weighted by Gasteiger charge is 2.43. The molecule has 2 aromatic rings. The fraction of sp³-hybridized carbons (Fsp3) is 0.353. The highest BCUT2D eigenvalue weighted by Crippen LogP contribution is 2.48. The van der Waals surface area contributed by atoms with Crippen LogP contribution in [-0.2, 0) is 21.1 Å². The molecule has 2 rings (SSSR count). The molecule has 0 bridgehead atoms. The molecule has 0 aliphatic carbocycles. The maximum atomic E-state index is 13.3. The zero-order valence-corrected chi connectivity index (χ0v) is 17.0. The Morgan fingerprint density at radius 1 is 1.19 bits per heavy atom. The van der Waals surface area contributed by atoms with E-state index in [4.69, 9.17) is 4.74 Å². The molecule has 27 heavy (non-hydrogen) atoms. The molecule has 148 valence electrons. The van der Waals surface area contributed by atoms with Crippen LogP contribution in [0.3, 0.4) is 0 Å². The molecule has 1 atom stereocenters. The number of methoxy groups -OCH3 is 1. The van der Waals surface area contributed by atoms with Crippen molar-refractivity contribution in [1.29, 1.82) is 0 Å². The van der Waals surface area contributed by atoms with E-state index in [2.05, 4.69) is 4.98 Å². The van der Waals surface area contributed by atoms with Gasteiger partial charge in [-0.15, -0.1) is 0 Å². The van der Waals surface area contributed by atoms with E-state index in [1.165, 1.54) is 43.8 Å². The van der Waals surface area contributed by atoms with E-state index >= 15 is 0 Å². The summed E-state index contributed by atoms with van der Waals surface area (Å²) in [6.07, 6.45) is 3.00. The molecule has 2 N–H and O–H groups in total. The Balaban J connectivity index is 2.57. The number of benzene rings is 1. The van der Waals surface area contributed by atoms with Gasteiger partial charge in [-0.2, -0.15) is 4.31 Å². The minimum absolute atomic E-state index is 0.0775. The average molecular weight is 414 g/mol. The fourth-order valence-corrected chi connectivity index (χ4v) is 6.30. The normalized spacial score (nSPS) is 13.7. The molecule has 10 heteroatoms. The van der Waals surface area contributed by atoms with E-state index in [0.29, 0.717) is 11.3 Å². The van der Waals surface area contributed by atoms with E-state index in [0.717, 1.165) is 4.31 Å². The Morgan fingerprint density at radius 2 is 1.81 bits per heavy atom. The van der Waals surface area contributed by atoms with E-state index in [1.54, 1.807) is 26.0 Å². The van der Waals surface area contributed by atoms with Crippen LogP contribution in [0.15, 0.2) is 53.7 Å². The predicted molar refractivity (Wildman–Crippen MR) is 101 cm³/mol. The molecule has 1 heterocycles. The summed E-state index contributed by atoms with van der Waals surface area (Å²) >= 11 is 0. The Bertz CT molecular complexity index is 897. The lowest BCUT2D eigenvalue weighted by Crippen LogP contribution is -2.42. The number of hydrogen-bond donors (Lipinski definition) is 2. The Labute approximate surface area is 159 Å². The highest BCUT2D eigenvalue weighted by atomic mass is 32.2. The molecular formula is C17H23N2O6PS. The van der Waals surface area contributed by atoms with Crippen LogP contribution in [0.1, 0.15) is 19.4 Å². The lowest BCUT2D eigenvalue weighted by molar-refractivity contribution is 0.256. The SMILES string of the molecule is COc1ccc(S(=O)(=O)N(Cc2cccnc2)C(C(C)C)P(=O)(O)O)cc1. The van der Waals surface area contributed by atoms with Gasteiger partial charge in [-0.1, -0.05) is 19.9 Å². The van der Waals surface area contributed by atoms with Crippen molar-refractivity contribution in [3.8, 4) is 5.75 Å². The van der Waals surface area contributed by atoms with Gasteiger partial charge in [-0.25, -0.2) is 8.42 Å². The molecule has 8 nitrogen and oxygen atoms in total. The monoisotopic (exact) mass is 414 g/mol. The standard InChI is InChI=1S/C17H23N2O6PS/c1-13(2)17(26(20,21)22)19(12-14-5-4-10-18-11-14)27(23,24)16-8-6-15(25-3)7-9-16/h4-11,13,17H,12H2,1-3H3,(H2,20,21,22). The van der Waals surface area contributed by atoms with Crippen molar-refractivity contribution in [2.45, 2.75) is 31.1 Å². The zero-order chi connectivity index (χ0) is 20.2. The second-order valence-electron chi connectivity index (χ2n) is 6.33. The van der Waals surface area contributed by atoms with E-state index < -0.39 is 29.3 Å². The van der Waals surface area contributed by atoms with Gasteiger partial charge in [0.15, 0.2) is 0 Å². The number of aromatic nitrogens is 1. The van der Waals surface area contributed by atoms with Crippen molar-refractivity contribution in [2.24, 2.45) is 5.92 Å². The first-order valence-electron chi connectivity index (χ1n) is 8.17. The molecule has 0 saturated heterocycles. The molecule has 0 spiro atoms. The zero-order valence-electron chi connectivity index (χ0n) is 15.3. The van der Waals surface area contributed by atoms with Gasteiger partial charge in [0.1, 0.15) is 11.5 Å². The molecule has 1 unspecified atom stereocenters. The predicted octanol–water partition coefficient (Wildman–Crippen LogP) is 2.44. The lowest BCUT2D eigenvalue weighted by Gasteiger charge is -2.33. The van der Waals surface area contributed by atoms with Crippen molar-refractivity contribution in [2.75, 3.05) is 7.11 Å². The first-order valence-corrected chi connectivity index (χ1v) is 11.3. The van der Waals surface area contributed by atoms with Crippen LogP contribution < -0.4 is 4.74 Å². The molecule has 0 amide bonds. The number of rotatable bonds is 8. The van der Waals surface area contributed by atoms with Crippen molar-refractivity contribution in [3.05, 3.63) is 54.4 Å². The number of pyridine rings is 1. The fourth-order valence-electron chi connectivity index (χ4n) is 2.76. The lowest BCUT2D eigenvalue weighted by atomic mass is 10.2. The van der Waals surface area contributed by atoms with Crippen molar-refractivity contribution < 1.29 is 27.5 Å². The van der Waals surface area contributed by atoms with Gasteiger partial charge in [-0.05, 0) is 41.8 Å². The topological polar surface area (TPSA) is 117 Å². The van der Waals surface area contributed by atoms with Gasteiger partial charge < -0.3 is 14.5 Å². The summed E-state index contributed by atoms with van der Waals surface area (Å²) in [7, 11) is -7.49. The summed E-state index contributed by atoms with van der Waals surface area (Å²) < 4.78 is 44.5. The van der Waals surface area contributed by atoms with Gasteiger partial charge in [0, 0.05) is 18.9 Å². The highest BCUT2D eigenvalue weighted by molar-refractivity contribution is 7.89. The van der Waals surface area contributed by atoms with Crippen molar-refractivity contribution in [1.82, 2.24) is 9.29 Å². The van der Waals surface area contributed by atoms with Gasteiger partial charge >= 0.3 is 7.60 Å². The third-order valence-electron chi connectivity index (χ3n) is 3.96. The van der Waals surface area contributed by atoms with Crippen LogP contribution in [0, 0.1) is 5.92 Å². The molecule has 0 aliphatic rings. The Hall–Kier alpha value is -1.77. The summed E-state index contributed by atoms with van der Waals surface area (Å²) in [6, 6.07) is 8.95. The van der Waals surface area contributed by atoms with E-state index in [9.17, 15) is 22.8 Å². The number of hydrogen-bond acceptors (Lipinski definition) is 5. The molecule has 1 aromatic carbocycles. The Kier molecular flexibility index (Phi) is 6.77. The summed E-state index contributed by atoms with van der Waals surface area (Å²) in [6.45, 7) is 2.93. The van der Waals surface area contributed by atoms with Gasteiger partial charge in [0.2, 0.25) is 10.0 Å². The largest absolute Gasteiger partial charge is 0.497 e. The Morgan fingerprint density at radius 3 is 2.26 bits per heavy atom. The second-order valence-corrected chi connectivity index (χ2v) is 9.93. The number of ether oxygens (including phenoxy) is 1. The first-order chi connectivity index (χ1) is 12.6. The van der Waals surface area contributed by atoms with Gasteiger partial charge in [0.25, 0.3) is 0 Å². The van der Waals surface area contributed by atoms with Crippen LogP contribution in [0.4, 0.5) is 0 Å². The average Bonchev–Trinajstić information content (AvgIpc) is 2.60. The second kappa shape index (κ2) is 8.50. The minimum Gasteiger partial charge on any atom is -0.497 e. The minimum atomic E-state index is -4.76. The maximum Gasteiger partial charge on any atom is 0.343 e. The van der Waals surface area contributed by atoms with E-state index in [1.807, 2.05) is 0 Å². The smallest absolute Gasteiger partial charge is 0.343 e. The third kappa shape index (κ3) is 5.15. The first kappa shape index (κ1) is 21.5. The quantitative estimate of drug-likeness (QED) is 0.637. The summed E-state index contributed by atoms with van der Waals surface area (Å²) in [4.78, 5) is 23.6. The van der Waals surface area contributed by atoms with Crippen LogP contribution >= 0.6 is 7.60 Å². The summed E-state index contributed by atoms with van der Waals surface area (Å²) in [5, 5.41) is 0. The number of sulfonamides is 1. The van der Waals surface area contributed by atoms with Crippen LogP contribution in [0.5, 0.6) is 5.75 Å². The number of nitrogens with zero attached hydrogens (tertiary/aromatic N) is 2. The van der Waals surface area contributed by atoms with Crippen LogP contribution in [0.25, 0.3) is 0 Å². The molecule has 0 aliphatic heterocycles. The summed E-state index contributed by atoms with van der Waals surface area (Å²) in [5.74, 6) is -1.65. The van der Waals surface area contributed by atoms with Crippen LogP contribution in [-0.4, -0.2) is 40.4 Å². The summed E-state index contributed by atoms with van der Waals surface area (Å²) in [5.41, 5.74) is 0.522. The van der Waals surface area contributed by atoms with Crippen molar-refractivity contribution >= 4 is 17.6 Å². The van der Waals surface area contributed by atoms with Gasteiger partial charge in [0.05, 0.1) is 12.0 Å². The molecule has 0 radical (unpaired) electrons.